The molecule has 0 unspecified atom stereocenters. The molecule has 0 bridgehead atoms. The summed E-state index contributed by atoms with van der Waals surface area (Å²) in [6.45, 7) is 2.46. The molecule has 0 atom stereocenters. The number of nitrogens with one attached hydrogen (secondary N) is 1. The summed E-state index contributed by atoms with van der Waals surface area (Å²) in [5.74, 6) is -0.0411. The lowest BCUT2D eigenvalue weighted by atomic mass is 10.2. The molecule has 2 rings (SSSR count). The van der Waals surface area contributed by atoms with E-state index in [1.165, 1.54) is 12.1 Å². The number of carbonyl (C=O) groups is 1. The summed E-state index contributed by atoms with van der Waals surface area (Å²) in [7, 11) is -3.76. The number of nitrogens with zero attached hydrogens (tertiary/aromatic N) is 2. The van der Waals surface area contributed by atoms with Crippen molar-refractivity contribution in [3.05, 3.63) is 29.8 Å². The van der Waals surface area contributed by atoms with Gasteiger partial charge >= 0.3 is 5.37 Å². The Kier molecular flexibility index (Phi) is 3.77. The summed E-state index contributed by atoms with van der Waals surface area (Å²) in [5, 5.41) is -0.761. The number of rotatable bonds is 2. The van der Waals surface area contributed by atoms with Crippen LogP contribution in [0.2, 0.25) is 0 Å². The monoisotopic (exact) mass is 301 g/mol. The molecule has 1 N–H and O–H groups in total. The van der Waals surface area contributed by atoms with Gasteiger partial charge in [0.15, 0.2) is 0 Å². The largest absolute Gasteiger partial charge is 0.323 e. The highest BCUT2D eigenvalue weighted by Gasteiger charge is 2.26. The summed E-state index contributed by atoms with van der Waals surface area (Å²) >= 11 is 5.35. The van der Waals surface area contributed by atoms with E-state index in [0.29, 0.717) is 6.54 Å². The van der Waals surface area contributed by atoms with Crippen LogP contribution >= 0.6 is 11.6 Å². The highest BCUT2D eigenvalue weighted by atomic mass is 35.5. The first-order chi connectivity index (χ1) is 8.90. The minimum absolute atomic E-state index is 0.0411. The molecule has 1 aliphatic heterocycles. The Morgan fingerprint density at radius 2 is 2.00 bits per heavy atom. The Bertz CT molecular complexity index is 625. The lowest BCUT2D eigenvalue weighted by molar-refractivity contribution is 0.244. The van der Waals surface area contributed by atoms with E-state index in [-0.39, 0.29) is 17.4 Å². The molecular weight excluding hydrogens is 290 g/mol. The van der Waals surface area contributed by atoms with Crippen LogP contribution < -0.4 is 4.72 Å². The van der Waals surface area contributed by atoms with Gasteiger partial charge in [-0.1, -0.05) is 17.7 Å². The van der Waals surface area contributed by atoms with Crippen molar-refractivity contribution in [1.29, 1.82) is 0 Å². The van der Waals surface area contributed by atoms with Gasteiger partial charge in [0.2, 0.25) is 5.96 Å². The van der Waals surface area contributed by atoms with Crippen molar-refractivity contribution in [2.75, 3.05) is 13.1 Å². The first-order valence-corrected chi connectivity index (χ1v) is 7.37. The van der Waals surface area contributed by atoms with Crippen molar-refractivity contribution in [2.24, 2.45) is 4.99 Å². The molecular formula is C11H12ClN3O3S. The third-order valence-electron chi connectivity index (χ3n) is 2.61. The quantitative estimate of drug-likeness (QED) is 0.660. The molecule has 0 aromatic heterocycles. The average Bonchev–Trinajstić information content (AvgIpc) is 2.77. The van der Waals surface area contributed by atoms with Gasteiger partial charge in [0.05, 0.1) is 11.4 Å². The number of aliphatic imine (C=N–C) groups is 1. The van der Waals surface area contributed by atoms with Crippen molar-refractivity contribution < 1.29 is 13.2 Å². The SMILES string of the molecule is Cc1ccc(S(=O)(=O)NC2=NCCN2C(=O)Cl)cc1. The van der Waals surface area contributed by atoms with Crippen LogP contribution in [0, 0.1) is 6.92 Å². The van der Waals surface area contributed by atoms with Gasteiger partial charge in [0.25, 0.3) is 10.0 Å². The zero-order valence-electron chi connectivity index (χ0n) is 10.1. The molecule has 0 spiro atoms. The second kappa shape index (κ2) is 5.18. The van der Waals surface area contributed by atoms with E-state index in [4.69, 9.17) is 11.6 Å². The van der Waals surface area contributed by atoms with E-state index in [2.05, 4.69) is 9.71 Å². The first-order valence-electron chi connectivity index (χ1n) is 5.51. The second-order valence-electron chi connectivity index (χ2n) is 4.03. The van der Waals surface area contributed by atoms with Crippen LogP contribution in [-0.2, 0) is 10.0 Å². The second-order valence-corrected chi connectivity index (χ2v) is 6.03. The number of aryl methyl sites for hydroxylation is 1. The standard InChI is InChI=1S/C11H12ClN3O3S/c1-8-2-4-9(5-3-8)19(17,18)14-11-13-6-7-15(11)10(12)16/h2-5H,6-7H2,1H3,(H,13,14). The molecule has 1 amide bonds. The fourth-order valence-electron chi connectivity index (χ4n) is 1.60. The van der Waals surface area contributed by atoms with E-state index in [1.807, 2.05) is 6.92 Å². The van der Waals surface area contributed by atoms with Crippen molar-refractivity contribution in [3.8, 4) is 0 Å². The lowest BCUT2D eigenvalue weighted by Gasteiger charge is -2.16. The Morgan fingerprint density at radius 1 is 1.37 bits per heavy atom. The van der Waals surface area contributed by atoms with Gasteiger partial charge in [-0.2, -0.15) is 0 Å². The molecule has 0 fully saturated rings. The van der Waals surface area contributed by atoms with Gasteiger partial charge in [0.1, 0.15) is 0 Å². The van der Waals surface area contributed by atoms with Gasteiger partial charge in [0, 0.05) is 6.54 Å². The van der Waals surface area contributed by atoms with Crippen molar-refractivity contribution in [3.63, 3.8) is 0 Å². The van der Waals surface area contributed by atoms with Crippen molar-refractivity contribution in [1.82, 2.24) is 9.62 Å². The number of halogens is 1. The molecule has 6 nitrogen and oxygen atoms in total. The topological polar surface area (TPSA) is 78.8 Å². The highest BCUT2D eigenvalue weighted by Crippen LogP contribution is 2.12. The minimum atomic E-state index is -3.76. The molecule has 8 heteroatoms. The zero-order valence-corrected chi connectivity index (χ0v) is 11.7. The number of hydrogen-bond acceptors (Lipinski definition) is 4. The maximum Gasteiger partial charge on any atom is 0.323 e. The van der Waals surface area contributed by atoms with Crippen molar-refractivity contribution >= 4 is 33.0 Å². The maximum atomic E-state index is 12.1. The van der Waals surface area contributed by atoms with E-state index in [9.17, 15) is 13.2 Å². The molecule has 19 heavy (non-hydrogen) atoms. The van der Waals surface area contributed by atoms with Crippen LogP contribution in [0.3, 0.4) is 0 Å². The number of amides is 1. The van der Waals surface area contributed by atoms with Crippen molar-refractivity contribution in [2.45, 2.75) is 11.8 Å². The van der Waals surface area contributed by atoms with Crippen LogP contribution in [0.25, 0.3) is 0 Å². The number of hydrogen-bond donors (Lipinski definition) is 1. The highest BCUT2D eigenvalue weighted by molar-refractivity contribution is 7.90. The Hall–Kier alpha value is -1.60. The summed E-state index contributed by atoms with van der Waals surface area (Å²) < 4.78 is 26.5. The Balaban J connectivity index is 2.22. The molecule has 102 valence electrons. The Labute approximate surface area is 116 Å². The van der Waals surface area contributed by atoms with Crippen LogP contribution in [-0.4, -0.2) is 37.7 Å². The molecule has 1 aromatic carbocycles. The summed E-state index contributed by atoms with van der Waals surface area (Å²) in [6.07, 6.45) is 0. The van der Waals surface area contributed by atoms with Gasteiger partial charge < -0.3 is 0 Å². The van der Waals surface area contributed by atoms with Gasteiger partial charge in [-0.3, -0.25) is 14.7 Å². The molecule has 0 saturated heterocycles. The minimum Gasteiger partial charge on any atom is -0.266 e. The van der Waals surface area contributed by atoms with E-state index in [0.717, 1.165) is 10.5 Å². The van der Waals surface area contributed by atoms with Crippen LogP contribution in [0.15, 0.2) is 34.2 Å². The molecule has 0 saturated carbocycles. The molecule has 1 aromatic rings. The van der Waals surface area contributed by atoms with Gasteiger partial charge in [-0.15, -0.1) is 0 Å². The van der Waals surface area contributed by atoms with E-state index < -0.39 is 15.4 Å². The number of sulfonamides is 1. The van der Waals surface area contributed by atoms with E-state index >= 15 is 0 Å². The molecule has 0 aliphatic carbocycles. The summed E-state index contributed by atoms with van der Waals surface area (Å²) in [5.41, 5.74) is 0.953. The predicted octanol–water partition coefficient (Wildman–Crippen LogP) is 1.30. The van der Waals surface area contributed by atoms with Gasteiger partial charge in [-0.05, 0) is 30.7 Å². The predicted molar refractivity (Wildman–Crippen MR) is 71.8 cm³/mol. The number of carbonyl (C=O) groups excluding carboxylic acids is 1. The molecule has 1 heterocycles. The van der Waals surface area contributed by atoms with Crippen LogP contribution in [0.4, 0.5) is 4.79 Å². The first kappa shape index (κ1) is 13.8. The molecule has 1 aliphatic rings. The third kappa shape index (κ3) is 3.05. The number of guanidine groups is 1. The number of benzene rings is 1. The van der Waals surface area contributed by atoms with Crippen LogP contribution in [0.1, 0.15) is 5.56 Å². The van der Waals surface area contributed by atoms with E-state index in [1.54, 1.807) is 12.1 Å². The average molecular weight is 302 g/mol. The lowest BCUT2D eigenvalue weighted by Crippen LogP contribution is -2.42. The van der Waals surface area contributed by atoms with Gasteiger partial charge in [-0.25, -0.2) is 13.1 Å². The fraction of sp³-hybridized carbons (Fsp3) is 0.273. The normalized spacial score (nSPS) is 15.3. The zero-order chi connectivity index (χ0) is 14.0. The fourth-order valence-corrected chi connectivity index (χ4v) is 2.79. The maximum absolute atomic E-state index is 12.1. The Morgan fingerprint density at radius 3 is 2.58 bits per heavy atom. The molecule has 0 radical (unpaired) electrons. The summed E-state index contributed by atoms with van der Waals surface area (Å²) in [6, 6.07) is 6.35. The summed E-state index contributed by atoms with van der Waals surface area (Å²) in [4.78, 5) is 16.2. The van der Waals surface area contributed by atoms with Crippen LogP contribution in [0.5, 0.6) is 0 Å². The smallest absolute Gasteiger partial charge is 0.266 e. The third-order valence-corrected chi connectivity index (χ3v) is 4.16.